The fourth-order valence-electron chi connectivity index (χ4n) is 1.79. The van der Waals surface area contributed by atoms with Crippen molar-refractivity contribution >= 4 is 17.0 Å². The van der Waals surface area contributed by atoms with Crippen LogP contribution in [0.25, 0.3) is 17.0 Å². The van der Waals surface area contributed by atoms with Crippen molar-refractivity contribution in [3.05, 3.63) is 40.4 Å². The van der Waals surface area contributed by atoms with Crippen molar-refractivity contribution in [1.82, 2.24) is 4.57 Å². The van der Waals surface area contributed by atoms with E-state index in [0.717, 1.165) is 10.9 Å². The number of benzene rings is 1. The molecule has 4 nitrogen and oxygen atoms in total. The third-order valence-electron chi connectivity index (χ3n) is 2.61. The van der Waals surface area contributed by atoms with Gasteiger partial charge in [0.25, 0.3) is 0 Å². The number of fused-ring (bicyclic) bond motifs is 1. The van der Waals surface area contributed by atoms with Crippen molar-refractivity contribution in [2.24, 2.45) is 12.2 Å². The molecule has 0 bridgehead atoms. The SMILES string of the molecule is C/C(=C/c1c(O)n(C)c2ccccc12)N=O. The lowest BCUT2D eigenvalue weighted by Gasteiger charge is -1.95. The molecular weight excluding hydrogens is 204 g/mol. The molecule has 0 aliphatic rings. The van der Waals surface area contributed by atoms with Crippen molar-refractivity contribution in [2.45, 2.75) is 6.92 Å². The lowest BCUT2D eigenvalue weighted by molar-refractivity contribution is 0.434. The summed E-state index contributed by atoms with van der Waals surface area (Å²) in [6.07, 6.45) is 1.59. The smallest absolute Gasteiger partial charge is 0.199 e. The molecule has 0 aliphatic carbocycles. The van der Waals surface area contributed by atoms with E-state index in [9.17, 15) is 10.0 Å². The summed E-state index contributed by atoms with van der Waals surface area (Å²) in [5.74, 6) is 0.143. The number of aryl methyl sites for hydroxylation is 1. The molecule has 0 amide bonds. The number of rotatable bonds is 2. The van der Waals surface area contributed by atoms with Crippen LogP contribution in [0.1, 0.15) is 12.5 Å². The van der Waals surface area contributed by atoms with Gasteiger partial charge >= 0.3 is 0 Å². The van der Waals surface area contributed by atoms with Crippen molar-refractivity contribution in [3.63, 3.8) is 0 Å². The minimum Gasteiger partial charge on any atom is -0.494 e. The number of hydrogen-bond acceptors (Lipinski definition) is 3. The van der Waals surface area contributed by atoms with Gasteiger partial charge < -0.3 is 9.67 Å². The van der Waals surface area contributed by atoms with Crippen molar-refractivity contribution < 1.29 is 5.11 Å². The van der Waals surface area contributed by atoms with Crippen LogP contribution in [0, 0.1) is 4.91 Å². The van der Waals surface area contributed by atoms with Crippen LogP contribution in [0.15, 0.2) is 35.1 Å². The molecule has 0 spiro atoms. The summed E-state index contributed by atoms with van der Waals surface area (Å²) in [5, 5.41) is 13.7. The first-order valence-electron chi connectivity index (χ1n) is 4.93. The Morgan fingerprint density at radius 1 is 1.44 bits per heavy atom. The lowest BCUT2D eigenvalue weighted by Crippen LogP contribution is -1.84. The van der Waals surface area contributed by atoms with Crippen LogP contribution in [-0.4, -0.2) is 9.67 Å². The number of para-hydroxylation sites is 1. The summed E-state index contributed by atoms with van der Waals surface area (Å²) >= 11 is 0. The maximum atomic E-state index is 10.4. The summed E-state index contributed by atoms with van der Waals surface area (Å²) in [7, 11) is 1.78. The second-order valence-electron chi connectivity index (χ2n) is 3.69. The number of hydrogen-bond donors (Lipinski definition) is 1. The second kappa shape index (κ2) is 3.81. The van der Waals surface area contributed by atoms with Gasteiger partial charge in [-0.25, -0.2) is 0 Å². The van der Waals surface area contributed by atoms with Gasteiger partial charge in [-0.1, -0.05) is 18.2 Å². The van der Waals surface area contributed by atoms with E-state index in [4.69, 9.17) is 0 Å². The van der Waals surface area contributed by atoms with E-state index in [0.29, 0.717) is 11.3 Å². The molecule has 0 atom stereocenters. The first-order chi connectivity index (χ1) is 7.65. The van der Waals surface area contributed by atoms with E-state index in [1.54, 1.807) is 24.6 Å². The first-order valence-corrected chi connectivity index (χ1v) is 4.93. The highest BCUT2D eigenvalue weighted by Gasteiger charge is 2.11. The number of aromatic hydroxyl groups is 1. The van der Waals surface area contributed by atoms with Crippen LogP contribution in [0.5, 0.6) is 5.88 Å². The fourth-order valence-corrected chi connectivity index (χ4v) is 1.79. The van der Waals surface area contributed by atoms with Gasteiger partial charge in [0.05, 0.1) is 11.2 Å². The van der Waals surface area contributed by atoms with Crippen molar-refractivity contribution in [3.8, 4) is 5.88 Å². The highest BCUT2D eigenvalue weighted by Crippen LogP contribution is 2.31. The van der Waals surface area contributed by atoms with Crippen LogP contribution < -0.4 is 0 Å². The van der Waals surface area contributed by atoms with Gasteiger partial charge in [0.2, 0.25) is 0 Å². The van der Waals surface area contributed by atoms with Crippen LogP contribution in [0.3, 0.4) is 0 Å². The van der Waals surface area contributed by atoms with E-state index < -0.39 is 0 Å². The minimum atomic E-state index is 0.143. The average molecular weight is 216 g/mol. The highest BCUT2D eigenvalue weighted by molar-refractivity contribution is 5.92. The third-order valence-corrected chi connectivity index (χ3v) is 2.61. The predicted molar refractivity (Wildman–Crippen MR) is 64.0 cm³/mol. The summed E-state index contributed by atoms with van der Waals surface area (Å²) < 4.78 is 1.68. The number of nitroso groups, excluding NO2 is 1. The maximum absolute atomic E-state index is 10.4. The lowest BCUT2D eigenvalue weighted by atomic mass is 10.1. The zero-order valence-corrected chi connectivity index (χ0v) is 9.14. The van der Waals surface area contributed by atoms with Gasteiger partial charge in [0.1, 0.15) is 0 Å². The van der Waals surface area contributed by atoms with Crippen LogP contribution in [-0.2, 0) is 7.05 Å². The Morgan fingerprint density at radius 2 is 2.12 bits per heavy atom. The van der Waals surface area contributed by atoms with Gasteiger partial charge in [0, 0.05) is 18.0 Å². The molecule has 0 radical (unpaired) electrons. The molecule has 2 rings (SSSR count). The monoisotopic (exact) mass is 216 g/mol. The molecule has 0 saturated heterocycles. The molecule has 0 fully saturated rings. The summed E-state index contributed by atoms with van der Waals surface area (Å²) in [6, 6.07) is 7.61. The Bertz CT molecular complexity index is 582. The van der Waals surface area contributed by atoms with Gasteiger partial charge in [-0.05, 0) is 24.2 Å². The molecule has 16 heavy (non-hydrogen) atoms. The molecule has 1 aromatic carbocycles. The molecule has 0 unspecified atom stereocenters. The Balaban J connectivity index is 2.78. The molecule has 1 N–H and O–H groups in total. The maximum Gasteiger partial charge on any atom is 0.199 e. The largest absolute Gasteiger partial charge is 0.494 e. The molecule has 1 aromatic heterocycles. The molecule has 82 valence electrons. The van der Waals surface area contributed by atoms with Crippen LogP contribution in [0.2, 0.25) is 0 Å². The van der Waals surface area contributed by atoms with Crippen LogP contribution in [0.4, 0.5) is 0 Å². The molecule has 4 heteroatoms. The number of nitrogens with zero attached hydrogens (tertiary/aromatic N) is 2. The normalized spacial score (nSPS) is 12.0. The number of aromatic nitrogens is 1. The van der Waals surface area contributed by atoms with Gasteiger partial charge in [-0.2, -0.15) is 0 Å². The van der Waals surface area contributed by atoms with Crippen LogP contribution >= 0.6 is 0 Å². The Kier molecular flexibility index (Phi) is 2.48. The Morgan fingerprint density at radius 3 is 2.81 bits per heavy atom. The Hall–Kier alpha value is -2.10. The first kappa shape index (κ1) is 10.4. The summed E-state index contributed by atoms with van der Waals surface area (Å²) in [5.41, 5.74) is 1.90. The summed E-state index contributed by atoms with van der Waals surface area (Å²) in [6.45, 7) is 1.61. The number of allylic oxidation sites excluding steroid dienone is 1. The average Bonchev–Trinajstić information content (AvgIpc) is 2.55. The fraction of sp³-hybridized carbons (Fsp3) is 0.167. The molecule has 0 saturated carbocycles. The van der Waals surface area contributed by atoms with E-state index in [1.807, 2.05) is 24.3 Å². The van der Waals surface area contributed by atoms with E-state index >= 15 is 0 Å². The molecule has 0 aliphatic heterocycles. The predicted octanol–water partition coefficient (Wildman–Crippen LogP) is 3.01. The highest BCUT2D eigenvalue weighted by atomic mass is 16.3. The summed E-state index contributed by atoms with van der Waals surface area (Å²) in [4.78, 5) is 10.4. The topological polar surface area (TPSA) is 54.6 Å². The van der Waals surface area contributed by atoms with Gasteiger partial charge in [0.15, 0.2) is 5.88 Å². The van der Waals surface area contributed by atoms with E-state index in [2.05, 4.69) is 5.18 Å². The zero-order valence-electron chi connectivity index (χ0n) is 9.14. The minimum absolute atomic E-state index is 0.143. The van der Waals surface area contributed by atoms with Crippen molar-refractivity contribution in [1.29, 1.82) is 0 Å². The second-order valence-corrected chi connectivity index (χ2v) is 3.69. The quantitative estimate of drug-likeness (QED) is 0.784. The molecule has 2 aromatic rings. The van der Waals surface area contributed by atoms with E-state index in [1.165, 1.54) is 0 Å². The Labute approximate surface area is 92.8 Å². The van der Waals surface area contributed by atoms with Gasteiger partial charge in [-0.3, -0.25) is 0 Å². The van der Waals surface area contributed by atoms with Crippen molar-refractivity contribution in [2.75, 3.05) is 0 Å². The zero-order chi connectivity index (χ0) is 11.7. The molecule has 1 heterocycles. The van der Waals surface area contributed by atoms with E-state index in [-0.39, 0.29) is 5.88 Å². The standard InChI is InChI=1S/C12H12N2O2/c1-8(13-16)7-10-9-5-3-4-6-11(9)14(2)12(10)15/h3-7,15H,1-2H3/b8-7-. The molecular formula is C12H12N2O2. The van der Waals surface area contributed by atoms with Gasteiger partial charge in [-0.15, -0.1) is 4.91 Å². The third kappa shape index (κ3) is 1.48.